The summed E-state index contributed by atoms with van der Waals surface area (Å²) < 4.78 is 5.95. The molecule has 33 heavy (non-hydrogen) atoms. The third-order valence-electron chi connectivity index (χ3n) is 10.6. The Morgan fingerprint density at radius 3 is 2.58 bits per heavy atom. The molecule has 0 radical (unpaired) electrons. The molecule has 8 atom stereocenters. The molecular weight excluding hydrogens is 420 g/mol. The minimum atomic E-state index is -0.662. The van der Waals surface area contributed by atoms with Gasteiger partial charge in [-0.1, -0.05) is 27.7 Å². The SMILES string of the molecule is CC[C@@]1(C)C[C@@H](OC(=O)CO)[C@@]2(C)C3C(=O)CC[C@@]3(CC[C@H]2C)[C@H](CN2CC[NH2+]CC2)[C@@H]1O. The molecule has 0 aromatic heterocycles. The molecule has 7 heteroatoms. The molecular formula is C26H45N2O5+. The van der Waals surface area contributed by atoms with Crippen molar-refractivity contribution in [2.45, 2.75) is 78.4 Å². The summed E-state index contributed by atoms with van der Waals surface area (Å²) >= 11 is 0. The van der Waals surface area contributed by atoms with Crippen LogP contribution in [0.25, 0.3) is 0 Å². The Labute approximate surface area is 198 Å². The van der Waals surface area contributed by atoms with Crippen LogP contribution >= 0.6 is 0 Å². The number of quaternary nitrogens is 1. The highest BCUT2D eigenvalue weighted by atomic mass is 16.6. The van der Waals surface area contributed by atoms with Crippen molar-refractivity contribution < 1.29 is 29.9 Å². The number of aliphatic hydroxyl groups excluding tert-OH is 2. The summed E-state index contributed by atoms with van der Waals surface area (Å²) in [7, 11) is 0. The van der Waals surface area contributed by atoms with E-state index >= 15 is 0 Å². The zero-order valence-electron chi connectivity index (χ0n) is 21.0. The lowest BCUT2D eigenvalue weighted by Crippen LogP contribution is -2.89. The second-order valence-electron chi connectivity index (χ2n) is 12.0. The van der Waals surface area contributed by atoms with Crippen molar-refractivity contribution in [3.8, 4) is 0 Å². The number of rotatable bonds is 5. The van der Waals surface area contributed by atoms with Gasteiger partial charge < -0.3 is 20.3 Å². The van der Waals surface area contributed by atoms with Gasteiger partial charge >= 0.3 is 5.97 Å². The maximum absolute atomic E-state index is 13.6. The number of hydrogen-bond acceptors (Lipinski definition) is 6. The standard InChI is InChI=1S/C26H44N2O5/c1-5-24(3)14-20(33-21(31)16-29)25(4)17(2)6-8-26(9-7-19(30)22(25)26)18(23(24)32)15-28-12-10-27-11-13-28/h17-18,20,22-23,27,29,32H,5-16H2,1-4H3/p+1/t17-,18-,20-,22?,23+,24+,25+,26+/m1/s1. The van der Waals surface area contributed by atoms with Gasteiger partial charge in [0, 0.05) is 43.3 Å². The van der Waals surface area contributed by atoms with Gasteiger partial charge in [-0.25, -0.2) is 4.79 Å². The number of carbonyl (C=O) groups is 2. The van der Waals surface area contributed by atoms with Gasteiger partial charge in [0.1, 0.15) is 18.5 Å². The molecule has 0 aromatic carbocycles. The molecule has 0 amide bonds. The summed E-state index contributed by atoms with van der Waals surface area (Å²) in [6.07, 6.45) is 3.50. The lowest BCUT2D eigenvalue weighted by molar-refractivity contribution is -0.663. The van der Waals surface area contributed by atoms with E-state index in [0.717, 1.165) is 58.4 Å². The number of carbonyl (C=O) groups excluding carboxylic acids is 2. The molecule has 188 valence electrons. The minimum absolute atomic E-state index is 0.0262. The normalized spacial score (nSPS) is 46.4. The van der Waals surface area contributed by atoms with Crippen LogP contribution in [0.5, 0.6) is 0 Å². The molecule has 3 aliphatic carbocycles. The largest absolute Gasteiger partial charge is 0.460 e. The van der Waals surface area contributed by atoms with Crippen LogP contribution in [-0.4, -0.2) is 78.4 Å². The molecule has 1 aliphatic heterocycles. The fourth-order valence-electron chi connectivity index (χ4n) is 8.20. The van der Waals surface area contributed by atoms with E-state index in [1.165, 1.54) is 0 Å². The molecule has 1 heterocycles. The van der Waals surface area contributed by atoms with E-state index in [0.29, 0.717) is 12.8 Å². The lowest BCUT2D eigenvalue weighted by atomic mass is 9.43. The van der Waals surface area contributed by atoms with E-state index in [4.69, 9.17) is 4.74 Å². The number of hydrogen-bond donors (Lipinski definition) is 3. The second-order valence-corrected chi connectivity index (χ2v) is 12.0. The molecule has 1 unspecified atom stereocenters. The molecule has 0 spiro atoms. The van der Waals surface area contributed by atoms with E-state index < -0.39 is 35.6 Å². The second kappa shape index (κ2) is 9.21. The number of aliphatic hydroxyl groups is 2. The van der Waals surface area contributed by atoms with Gasteiger partial charge in [-0.05, 0) is 48.9 Å². The van der Waals surface area contributed by atoms with Gasteiger partial charge in [0.2, 0.25) is 0 Å². The van der Waals surface area contributed by atoms with E-state index in [9.17, 15) is 19.8 Å². The van der Waals surface area contributed by atoms with Crippen molar-refractivity contribution >= 4 is 11.8 Å². The highest BCUT2D eigenvalue weighted by Gasteiger charge is 2.69. The fourth-order valence-corrected chi connectivity index (χ4v) is 8.20. The van der Waals surface area contributed by atoms with Gasteiger partial charge in [0.15, 0.2) is 0 Å². The lowest BCUT2D eigenvalue weighted by Gasteiger charge is -2.63. The van der Waals surface area contributed by atoms with Crippen LogP contribution in [0.2, 0.25) is 0 Å². The fraction of sp³-hybridized carbons (Fsp3) is 0.923. The maximum atomic E-state index is 13.6. The van der Waals surface area contributed by atoms with Gasteiger partial charge in [-0.3, -0.25) is 9.69 Å². The Morgan fingerprint density at radius 1 is 1.24 bits per heavy atom. The van der Waals surface area contributed by atoms with Crippen LogP contribution in [-0.2, 0) is 14.3 Å². The zero-order chi connectivity index (χ0) is 24.0. The Balaban J connectivity index is 1.84. The quantitative estimate of drug-likeness (QED) is 0.523. The number of Topliss-reactive ketones (excluding diaryl/α,β-unsaturated/α-hetero) is 1. The first-order valence-corrected chi connectivity index (χ1v) is 13.2. The van der Waals surface area contributed by atoms with E-state index in [1.54, 1.807) is 0 Å². The van der Waals surface area contributed by atoms with Gasteiger partial charge in [-0.15, -0.1) is 0 Å². The Bertz CT molecular complexity index is 755. The Morgan fingerprint density at radius 2 is 1.94 bits per heavy atom. The zero-order valence-corrected chi connectivity index (χ0v) is 21.0. The van der Waals surface area contributed by atoms with Crippen molar-refractivity contribution in [2.75, 3.05) is 39.3 Å². The average molecular weight is 466 g/mol. The van der Waals surface area contributed by atoms with Crippen LogP contribution in [0, 0.1) is 34.0 Å². The molecule has 3 saturated carbocycles. The number of nitrogens with two attached hydrogens (primary N) is 1. The van der Waals surface area contributed by atoms with E-state index in [-0.39, 0.29) is 29.0 Å². The Kier molecular flexibility index (Phi) is 7.00. The monoisotopic (exact) mass is 465 g/mol. The first kappa shape index (κ1) is 25.1. The number of piperazine rings is 1. The van der Waals surface area contributed by atoms with Crippen LogP contribution in [0.15, 0.2) is 0 Å². The van der Waals surface area contributed by atoms with E-state index in [1.807, 2.05) is 0 Å². The highest BCUT2D eigenvalue weighted by molar-refractivity contribution is 5.85. The van der Waals surface area contributed by atoms with Crippen LogP contribution in [0.3, 0.4) is 0 Å². The summed E-state index contributed by atoms with van der Waals surface area (Å²) in [4.78, 5) is 28.5. The third kappa shape index (κ3) is 3.97. The summed E-state index contributed by atoms with van der Waals surface area (Å²) in [6, 6.07) is 0. The van der Waals surface area contributed by atoms with Crippen LogP contribution in [0.1, 0.15) is 66.2 Å². The average Bonchev–Trinajstić information content (AvgIpc) is 3.17. The van der Waals surface area contributed by atoms with Crippen molar-refractivity contribution in [1.82, 2.24) is 4.90 Å². The predicted octanol–water partition coefficient (Wildman–Crippen LogP) is 0.968. The van der Waals surface area contributed by atoms with Crippen LogP contribution in [0.4, 0.5) is 0 Å². The molecule has 7 nitrogen and oxygen atoms in total. The van der Waals surface area contributed by atoms with Crippen molar-refractivity contribution in [3.05, 3.63) is 0 Å². The first-order chi connectivity index (χ1) is 15.6. The minimum Gasteiger partial charge on any atom is -0.460 e. The topological polar surface area (TPSA) is 104 Å². The predicted molar refractivity (Wildman–Crippen MR) is 124 cm³/mol. The molecule has 4 aliphatic rings. The summed E-state index contributed by atoms with van der Waals surface area (Å²) in [5.41, 5.74) is -1.20. The maximum Gasteiger partial charge on any atom is 0.332 e. The first-order valence-electron chi connectivity index (χ1n) is 13.2. The summed E-state index contributed by atoms with van der Waals surface area (Å²) in [6.45, 7) is 13.0. The summed E-state index contributed by atoms with van der Waals surface area (Å²) in [5.74, 6) is -0.334. The highest BCUT2D eigenvalue weighted by Crippen LogP contribution is 2.68. The van der Waals surface area contributed by atoms with Crippen molar-refractivity contribution in [3.63, 3.8) is 0 Å². The van der Waals surface area contributed by atoms with Gasteiger partial charge in [-0.2, -0.15) is 0 Å². The smallest absolute Gasteiger partial charge is 0.332 e. The molecule has 4 fully saturated rings. The van der Waals surface area contributed by atoms with Crippen molar-refractivity contribution in [2.24, 2.45) is 34.0 Å². The van der Waals surface area contributed by atoms with E-state index in [2.05, 4.69) is 37.9 Å². The van der Waals surface area contributed by atoms with Gasteiger partial charge in [0.25, 0.3) is 0 Å². The van der Waals surface area contributed by atoms with Crippen molar-refractivity contribution in [1.29, 1.82) is 0 Å². The number of ketones is 1. The molecule has 4 N–H and O–H groups in total. The molecule has 1 saturated heterocycles. The molecule has 2 bridgehead atoms. The summed E-state index contributed by atoms with van der Waals surface area (Å²) in [5, 5.41) is 23.9. The number of esters is 1. The Hall–Kier alpha value is -1.02. The van der Waals surface area contributed by atoms with Crippen LogP contribution < -0.4 is 5.32 Å². The third-order valence-corrected chi connectivity index (χ3v) is 10.6. The molecule has 0 aromatic rings. The molecule has 4 rings (SSSR count). The van der Waals surface area contributed by atoms with Gasteiger partial charge in [0.05, 0.1) is 19.2 Å². The number of nitrogens with zero attached hydrogens (tertiary/aromatic N) is 1. The number of ether oxygens (including phenoxy) is 1.